The van der Waals surface area contributed by atoms with Crippen molar-refractivity contribution in [2.45, 2.75) is 26.7 Å². The van der Waals surface area contributed by atoms with Crippen LogP contribution >= 0.6 is 22.6 Å². The minimum Gasteiger partial charge on any atom is -0.494 e. The zero-order valence-corrected chi connectivity index (χ0v) is 13.7. The molecule has 1 heterocycles. The third-order valence-electron chi connectivity index (χ3n) is 2.87. The topological polar surface area (TPSA) is 55.0 Å². The molecule has 1 aromatic carbocycles. The SMILES string of the molecule is CCCOc1ccc(-c2nc(CC)c(I)c(=O)[nH]2)cc1. The van der Waals surface area contributed by atoms with Gasteiger partial charge in [0.2, 0.25) is 0 Å². The number of aromatic amines is 1. The van der Waals surface area contributed by atoms with E-state index in [1.165, 1.54) is 0 Å². The van der Waals surface area contributed by atoms with Gasteiger partial charge in [-0.1, -0.05) is 13.8 Å². The molecular weight excluding hydrogens is 367 g/mol. The van der Waals surface area contributed by atoms with Gasteiger partial charge in [-0.2, -0.15) is 0 Å². The summed E-state index contributed by atoms with van der Waals surface area (Å²) >= 11 is 2.04. The number of nitrogens with zero attached hydrogens (tertiary/aromatic N) is 1. The molecule has 0 unspecified atom stereocenters. The van der Waals surface area contributed by atoms with Crippen molar-refractivity contribution in [2.24, 2.45) is 0 Å². The standard InChI is InChI=1S/C15H17IN2O2/c1-3-9-20-11-7-5-10(6-8-11)14-17-12(4-2)13(16)15(19)18-14/h5-8H,3-4,9H2,1-2H3,(H,17,18,19). The van der Waals surface area contributed by atoms with Gasteiger partial charge in [-0.05, 0) is 59.7 Å². The van der Waals surface area contributed by atoms with Gasteiger partial charge in [-0.3, -0.25) is 4.79 Å². The van der Waals surface area contributed by atoms with E-state index in [0.717, 1.165) is 29.8 Å². The highest BCUT2D eigenvalue weighted by Crippen LogP contribution is 2.20. The fourth-order valence-corrected chi connectivity index (χ4v) is 2.44. The maximum Gasteiger partial charge on any atom is 0.264 e. The summed E-state index contributed by atoms with van der Waals surface area (Å²) in [6.07, 6.45) is 1.72. The third kappa shape index (κ3) is 3.39. The van der Waals surface area contributed by atoms with Crippen LogP contribution < -0.4 is 10.3 Å². The summed E-state index contributed by atoms with van der Waals surface area (Å²) in [4.78, 5) is 19.2. The smallest absolute Gasteiger partial charge is 0.264 e. The number of H-pyrrole nitrogens is 1. The average molecular weight is 384 g/mol. The van der Waals surface area contributed by atoms with Crippen molar-refractivity contribution in [3.63, 3.8) is 0 Å². The monoisotopic (exact) mass is 384 g/mol. The lowest BCUT2D eigenvalue weighted by Crippen LogP contribution is -2.15. The van der Waals surface area contributed by atoms with Crippen LogP contribution in [0.2, 0.25) is 0 Å². The fraction of sp³-hybridized carbons (Fsp3) is 0.333. The van der Waals surface area contributed by atoms with Crippen molar-refractivity contribution in [1.82, 2.24) is 9.97 Å². The van der Waals surface area contributed by atoms with E-state index in [4.69, 9.17) is 4.74 Å². The molecule has 0 aliphatic carbocycles. The van der Waals surface area contributed by atoms with E-state index in [1.807, 2.05) is 53.8 Å². The van der Waals surface area contributed by atoms with Gasteiger partial charge in [0.25, 0.3) is 5.56 Å². The molecule has 0 spiro atoms. The lowest BCUT2D eigenvalue weighted by Gasteiger charge is -2.07. The Morgan fingerprint density at radius 1 is 1.25 bits per heavy atom. The molecule has 0 saturated heterocycles. The van der Waals surface area contributed by atoms with Crippen LogP contribution in [0.5, 0.6) is 5.75 Å². The quantitative estimate of drug-likeness (QED) is 0.805. The number of halogens is 1. The molecule has 0 amide bonds. The van der Waals surface area contributed by atoms with Gasteiger partial charge in [0.1, 0.15) is 11.6 Å². The predicted octanol–water partition coefficient (Wildman–Crippen LogP) is 3.39. The van der Waals surface area contributed by atoms with E-state index >= 15 is 0 Å². The summed E-state index contributed by atoms with van der Waals surface area (Å²) in [7, 11) is 0. The predicted molar refractivity (Wildman–Crippen MR) is 88.2 cm³/mol. The fourth-order valence-electron chi connectivity index (χ4n) is 1.81. The van der Waals surface area contributed by atoms with Gasteiger partial charge in [0.15, 0.2) is 0 Å². The van der Waals surface area contributed by atoms with E-state index in [2.05, 4.69) is 16.9 Å². The molecule has 106 valence electrons. The van der Waals surface area contributed by atoms with Crippen LogP contribution in [0.25, 0.3) is 11.4 Å². The number of rotatable bonds is 5. The summed E-state index contributed by atoms with van der Waals surface area (Å²) in [5.41, 5.74) is 1.63. The highest BCUT2D eigenvalue weighted by Gasteiger charge is 2.08. The molecule has 0 aliphatic heterocycles. The van der Waals surface area contributed by atoms with Crippen molar-refractivity contribution in [3.8, 4) is 17.1 Å². The summed E-state index contributed by atoms with van der Waals surface area (Å²) in [6.45, 7) is 4.77. The molecule has 0 aliphatic rings. The Labute approximate surface area is 131 Å². The summed E-state index contributed by atoms with van der Waals surface area (Å²) in [5, 5.41) is 0. The average Bonchev–Trinajstić information content (AvgIpc) is 2.48. The molecule has 20 heavy (non-hydrogen) atoms. The second-order valence-corrected chi connectivity index (χ2v) is 5.48. The number of hydrogen-bond donors (Lipinski definition) is 1. The van der Waals surface area contributed by atoms with E-state index in [0.29, 0.717) is 16.0 Å². The molecule has 0 bridgehead atoms. The van der Waals surface area contributed by atoms with Gasteiger partial charge < -0.3 is 9.72 Å². The molecule has 0 radical (unpaired) electrons. The molecule has 0 saturated carbocycles. The zero-order chi connectivity index (χ0) is 14.5. The Bertz CT molecular complexity index is 635. The minimum absolute atomic E-state index is 0.0845. The Hall–Kier alpha value is -1.37. The summed E-state index contributed by atoms with van der Waals surface area (Å²) in [6, 6.07) is 7.62. The Kier molecular flexibility index (Phi) is 5.17. The van der Waals surface area contributed by atoms with E-state index < -0.39 is 0 Å². The first-order valence-corrected chi connectivity index (χ1v) is 7.75. The van der Waals surface area contributed by atoms with E-state index in [-0.39, 0.29) is 5.56 Å². The largest absolute Gasteiger partial charge is 0.494 e. The number of nitrogens with one attached hydrogen (secondary N) is 1. The number of aryl methyl sites for hydroxylation is 1. The molecule has 2 aromatic rings. The number of aromatic nitrogens is 2. The Morgan fingerprint density at radius 2 is 1.95 bits per heavy atom. The van der Waals surface area contributed by atoms with Gasteiger partial charge in [-0.25, -0.2) is 4.98 Å². The summed E-state index contributed by atoms with van der Waals surface area (Å²) < 4.78 is 6.20. The molecule has 1 N–H and O–H groups in total. The lowest BCUT2D eigenvalue weighted by molar-refractivity contribution is 0.317. The molecule has 2 rings (SSSR count). The van der Waals surface area contributed by atoms with Gasteiger partial charge in [0.05, 0.1) is 15.9 Å². The maximum atomic E-state index is 11.9. The minimum atomic E-state index is -0.0845. The highest BCUT2D eigenvalue weighted by molar-refractivity contribution is 14.1. The highest BCUT2D eigenvalue weighted by atomic mass is 127. The van der Waals surface area contributed by atoms with Gasteiger partial charge >= 0.3 is 0 Å². The van der Waals surface area contributed by atoms with Crippen LogP contribution in [0, 0.1) is 3.57 Å². The van der Waals surface area contributed by atoms with Crippen LogP contribution in [0.3, 0.4) is 0 Å². The molecule has 1 aromatic heterocycles. The van der Waals surface area contributed by atoms with Gasteiger partial charge in [-0.15, -0.1) is 0 Å². The first kappa shape index (κ1) is 15.0. The van der Waals surface area contributed by atoms with Crippen LogP contribution in [0.1, 0.15) is 26.0 Å². The van der Waals surface area contributed by atoms with Gasteiger partial charge in [0, 0.05) is 5.56 Å². The molecular formula is C15H17IN2O2. The van der Waals surface area contributed by atoms with Crippen LogP contribution in [0.15, 0.2) is 29.1 Å². The normalized spacial score (nSPS) is 10.6. The van der Waals surface area contributed by atoms with Crippen LogP contribution in [-0.4, -0.2) is 16.6 Å². The number of hydrogen-bond acceptors (Lipinski definition) is 3. The molecule has 5 heteroatoms. The third-order valence-corrected chi connectivity index (χ3v) is 3.98. The van der Waals surface area contributed by atoms with Crippen molar-refractivity contribution in [3.05, 3.63) is 43.9 Å². The summed E-state index contributed by atoms with van der Waals surface area (Å²) in [5.74, 6) is 1.44. The molecule has 4 nitrogen and oxygen atoms in total. The van der Waals surface area contributed by atoms with Crippen molar-refractivity contribution >= 4 is 22.6 Å². The molecule has 0 fully saturated rings. The molecule has 0 atom stereocenters. The maximum absolute atomic E-state index is 11.9. The van der Waals surface area contributed by atoms with Crippen LogP contribution in [0.4, 0.5) is 0 Å². The van der Waals surface area contributed by atoms with Crippen molar-refractivity contribution in [1.29, 1.82) is 0 Å². The van der Waals surface area contributed by atoms with E-state index in [9.17, 15) is 4.79 Å². The Morgan fingerprint density at radius 3 is 2.55 bits per heavy atom. The van der Waals surface area contributed by atoms with Crippen molar-refractivity contribution < 1.29 is 4.74 Å². The zero-order valence-electron chi connectivity index (χ0n) is 11.6. The lowest BCUT2D eigenvalue weighted by atomic mass is 10.2. The first-order valence-electron chi connectivity index (χ1n) is 6.67. The number of ether oxygens (including phenoxy) is 1. The van der Waals surface area contributed by atoms with Crippen molar-refractivity contribution in [2.75, 3.05) is 6.61 Å². The van der Waals surface area contributed by atoms with Crippen LogP contribution in [-0.2, 0) is 6.42 Å². The Balaban J connectivity index is 2.32. The second kappa shape index (κ2) is 6.88. The number of benzene rings is 1. The first-order chi connectivity index (χ1) is 9.65. The van der Waals surface area contributed by atoms with E-state index in [1.54, 1.807) is 0 Å². The second-order valence-electron chi connectivity index (χ2n) is 4.40.